The van der Waals surface area contributed by atoms with Crippen molar-refractivity contribution in [2.24, 2.45) is 5.14 Å². The van der Waals surface area contributed by atoms with Gasteiger partial charge in [-0.15, -0.1) is 0 Å². The van der Waals surface area contributed by atoms with Crippen LogP contribution in [0.3, 0.4) is 0 Å². The summed E-state index contributed by atoms with van der Waals surface area (Å²) in [6.07, 6.45) is 0. The quantitative estimate of drug-likeness (QED) is 0.665. The van der Waals surface area contributed by atoms with Crippen LogP contribution in [0.2, 0.25) is 0 Å². The highest BCUT2D eigenvalue weighted by Crippen LogP contribution is 2.27. The summed E-state index contributed by atoms with van der Waals surface area (Å²) in [6.45, 7) is 0.167. The van der Waals surface area contributed by atoms with Gasteiger partial charge in [-0.1, -0.05) is 0 Å². The van der Waals surface area contributed by atoms with E-state index >= 15 is 0 Å². The van der Waals surface area contributed by atoms with Crippen molar-refractivity contribution in [3.05, 3.63) is 22.7 Å². The molecule has 0 atom stereocenters. The second-order valence-electron chi connectivity index (χ2n) is 4.54. The molecular weight excluding hydrogens is 384 g/mol. The number of piperazine rings is 1. The lowest BCUT2D eigenvalue weighted by molar-refractivity contribution is 0.273. The lowest BCUT2D eigenvalue weighted by Gasteiger charge is -2.32. The molecule has 0 radical (unpaired) electrons. The molecule has 0 bridgehead atoms. The molecule has 1 heterocycles. The molecule has 0 amide bonds. The molecule has 1 aliphatic rings. The number of nitrogens with zero attached hydrogens (tertiary/aromatic N) is 2. The van der Waals surface area contributed by atoms with E-state index in [2.05, 4.69) is 15.9 Å². The number of nitrogen functional groups attached to an aromatic ring is 1. The minimum Gasteiger partial charge on any atom is -0.399 e. The third-order valence-corrected chi connectivity index (χ3v) is 7.09. The monoisotopic (exact) mass is 398 g/mol. The highest BCUT2D eigenvalue weighted by atomic mass is 79.9. The fraction of sp³-hybridized carbons (Fsp3) is 0.400. The average molecular weight is 399 g/mol. The standard InChI is InChI=1S/C10H15BrN4O4S2/c11-9-7-8(12)1-2-10(9)20(16,17)14-3-5-15(6-4-14)21(13,18)19/h1-2,7H,3-6,12H2,(H2,13,18,19). The molecular formula is C10H15BrN4O4S2. The van der Waals surface area contributed by atoms with Crippen LogP contribution >= 0.6 is 15.9 Å². The minimum atomic E-state index is -3.79. The number of rotatable bonds is 3. The van der Waals surface area contributed by atoms with Gasteiger partial charge < -0.3 is 5.73 Å². The van der Waals surface area contributed by atoms with Crippen molar-refractivity contribution in [2.75, 3.05) is 31.9 Å². The molecule has 0 aliphatic carbocycles. The van der Waals surface area contributed by atoms with Crippen molar-refractivity contribution in [3.63, 3.8) is 0 Å². The molecule has 21 heavy (non-hydrogen) atoms. The highest BCUT2D eigenvalue weighted by Gasteiger charge is 2.32. The maximum Gasteiger partial charge on any atom is 0.276 e. The first-order chi connectivity index (χ1) is 9.62. The Hall–Kier alpha value is -0.720. The Labute approximate surface area is 132 Å². The summed E-state index contributed by atoms with van der Waals surface area (Å²) in [5, 5.41) is 5.03. The molecule has 2 rings (SSSR count). The molecule has 0 aromatic heterocycles. The van der Waals surface area contributed by atoms with Gasteiger partial charge in [-0.3, -0.25) is 0 Å². The van der Waals surface area contributed by atoms with Crippen LogP contribution in [0.25, 0.3) is 0 Å². The van der Waals surface area contributed by atoms with Gasteiger partial charge in [0.15, 0.2) is 0 Å². The van der Waals surface area contributed by atoms with Crippen LogP contribution in [0.15, 0.2) is 27.6 Å². The predicted molar refractivity (Wildman–Crippen MR) is 82.0 cm³/mol. The molecule has 1 saturated heterocycles. The zero-order valence-corrected chi connectivity index (χ0v) is 14.2. The third-order valence-electron chi connectivity index (χ3n) is 3.13. The summed E-state index contributed by atoms with van der Waals surface area (Å²) in [4.78, 5) is 0.0979. The normalized spacial score (nSPS) is 18.8. The van der Waals surface area contributed by atoms with Crippen molar-refractivity contribution in [1.29, 1.82) is 0 Å². The smallest absolute Gasteiger partial charge is 0.276 e. The Morgan fingerprint density at radius 1 is 1.00 bits per heavy atom. The van der Waals surface area contributed by atoms with Crippen LogP contribution in [-0.4, -0.2) is 51.6 Å². The van der Waals surface area contributed by atoms with Gasteiger partial charge in [-0.25, -0.2) is 13.6 Å². The number of benzene rings is 1. The van der Waals surface area contributed by atoms with E-state index in [0.29, 0.717) is 10.2 Å². The van der Waals surface area contributed by atoms with Crippen molar-refractivity contribution >= 4 is 41.8 Å². The summed E-state index contributed by atoms with van der Waals surface area (Å²) in [5.41, 5.74) is 6.03. The molecule has 1 aromatic carbocycles. The van der Waals surface area contributed by atoms with Crippen molar-refractivity contribution in [3.8, 4) is 0 Å². The second-order valence-corrected chi connectivity index (χ2v) is 8.84. The molecule has 4 N–H and O–H groups in total. The highest BCUT2D eigenvalue weighted by molar-refractivity contribution is 9.10. The van der Waals surface area contributed by atoms with Gasteiger partial charge in [0.2, 0.25) is 10.0 Å². The largest absolute Gasteiger partial charge is 0.399 e. The van der Waals surface area contributed by atoms with Gasteiger partial charge >= 0.3 is 0 Å². The first-order valence-electron chi connectivity index (χ1n) is 5.95. The number of anilines is 1. The van der Waals surface area contributed by atoms with Gasteiger partial charge in [0, 0.05) is 36.3 Å². The van der Waals surface area contributed by atoms with Crippen LogP contribution < -0.4 is 10.9 Å². The summed E-state index contributed by atoms with van der Waals surface area (Å²) in [6, 6.07) is 4.42. The topological polar surface area (TPSA) is 127 Å². The molecule has 0 unspecified atom stereocenters. The molecule has 11 heteroatoms. The maximum atomic E-state index is 12.5. The molecule has 1 fully saturated rings. The number of sulfonamides is 1. The Bertz CT molecular complexity index is 742. The maximum absolute atomic E-state index is 12.5. The molecule has 118 valence electrons. The molecule has 0 saturated carbocycles. The second kappa shape index (κ2) is 5.82. The summed E-state index contributed by atoms with van der Waals surface area (Å²) >= 11 is 3.18. The zero-order chi connectivity index (χ0) is 15.8. The number of halogens is 1. The van der Waals surface area contributed by atoms with E-state index in [-0.39, 0.29) is 31.1 Å². The lowest BCUT2D eigenvalue weighted by Crippen LogP contribution is -2.52. The summed E-state index contributed by atoms with van der Waals surface area (Å²) in [5.74, 6) is 0. The van der Waals surface area contributed by atoms with E-state index in [9.17, 15) is 16.8 Å². The first-order valence-corrected chi connectivity index (χ1v) is 9.69. The Morgan fingerprint density at radius 2 is 1.52 bits per heavy atom. The zero-order valence-electron chi connectivity index (χ0n) is 10.9. The van der Waals surface area contributed by atoms with Crippen LogP contribution in [0.1, 0.15) is 0 Å². The lowest BCUT2D eigenvalue weighted by atomic mass is 10.3. The fourth-order valence-corrected chi connectivity index (χ4v) is 5.18. The molecule has 1 aromatic rings. The molecule has 8 nitrogen and oxygen atoms in total. The Kier molecular flexibility index (Phi) is 4.61. The predicted octanol–water partition coefficient (Wildman–Crippen LogP) is -0.459. The number of hydrogen-bond acceptors (Lipinski definition) is 5. The van der Waals surface area contributed by atoms with Crippen LogP contribution in [0.4, 0.5) is 5.69 Å². The Balaban J connectivity index is 2.23. The molecule has 1 aliphatic heterocycles. The van der Waals surface area contributed by atoms with Gasteiger partial charge in [0.25, 0.3) is 10.2 Å². The van der Waals surface area contributed by atoms with Crippen LogP contribution in [0, 0.1) is 0 Å². The number of hydrogen-bond donors (Lipinski definition) is 2. The summed E-state index contributed by atoms with van der Waals surface area (Å²) < 4.78 is 50.2. The third kappa shape index (κ3) is 3.55. The van der Waals surface area contributed by atoms with Gasteiger partial charge in [0.05, 0.1) is 4.90 Å². The van der Waals surface area contributed by atoms with Crippen LogP contribution in [-0.2, 0) is 20.2 Å². The van der Waals surface area contributed by atoms with Crippen molar-refractivity contribution < 1.29 is 16.8 Å². The van der Waals surface area contributed by atoms with E-state index in [4.69, 9.17) is 10.9 Å². The van der Waals surface area contributed by atoms with Crippen LogP contribution in [0.5, 0.6) is 0 Å². The molecule has 0 spiro atoms. The Morgan fingerprint density at radius 3 is 2.00 bits per heavy atom. The van der Waals surface area contributed by atoms with Crippen molar-refractivity contribution in [2.45, 2.75) is 4.90 Å². The van der Waals surface area contributed by atoms with E-state index in [0.717, 1.165) is 4.31 Å². The van der Waals surface area contributed by atoms with E-state index in [1.807, 2.05) is 0 Å². The van der Waals surface area contributed by atoms with Crippen molar-refractivity contribution in [1.82, 2.24) is 8.61 Å². The number of nitrogens with two attached hydrogens (primary N) is 2. The van der Waals surface area contributed by atoms with E-state index < -0.39 is 20.2 Å². The van der Waals surface area contributed by atoms with E-state index in [1.54, 1.807) is 0 Å². The van der Waals surface area contributed by atoms with Gasteiger partial charge in [-0.05, 0) is 34.1 Å². The van der Waals surface area contributed by atoms with Gasteiger partial charge in [-0.2, -0.15) is 17.0 Å². The minimum absolute atomic E-state index is 0.0324. The van der Waals surface area contributed by atoms with Gasteiger partial charge in [0.1, 0.15) is 0 Å². The SMILES string of the molecule is Nc1ccc(S(=O)(=O)N2CCN(S(N)(=O)=O)CC2)c(Br)c1. The first kappa shape index (κ1) is 16.6. The average Bonchev–Trinajstić information content (AvgIpc) is 2.37. The van der Waals surface area contributed by atoms with E-state index in [1.165, 1.54) is 22.5 Å². The summed E-state index contributed by atoms with van der Waals surface area (Å²) in [7, 11) is -7.50. The fourth-order valence-electron chi connectivity index (χ4n) is 2.03.